The molecule has 0 saturated carbocycles. The lowest BCUT2D eigenvalue weighted by atomic mass is 9.95. The zero-order chi connectivity index (χ0) is 13.1. The van der Waals surface area contributed by atoms with Gasteiger partial charge in [-0.25, -0.2) is 0 Å². The first-order chi connectivity index (χ1) is 7.89. The van der Waals surface area contributed by atoms with Gasteiger partial charge in [0.25, 0.3) is 0 Å². The van der Waals surface area contributed by atoms with Crippen LogP contribution in [0.1, 0.15) is 25.0 Å². The molecule has 1 aromatic rings. The molecule has 0 aliphatic rings. The molecule has 0 radical (unpaired) electrons. The molecule has 0 atom stereocenters. The van der Waals surface area contributed by atoms with Gasteiger partial charge in [-0.05, 0) is 37.1 Å². The van der Waals surface area contributed by atoms with E-state index in [9.17, 15) is 5.11 Å². The van der Waals surface area contributed by atoms with E-state index in [4.69, 9.17) is 4.74 Å². The minimum absolute atomic E-state index is 0.135. The maximum Gasteiger partial charge on any atom is 0.142 e. The first-order valence-electron chi connectivity index (χ1n) is 5.89. The summed E-state index contributed by atoms with van der Waals surface area (Å²) in [6.45, 7) is 9.06. The number of aryl methyl sites for hydroxylation is 2. The molecule has 0 aliphatic carbocycles. The summed E-state index contributed by atoms with van der Waals surface area (Å²) in [5.41, 5.74) is 3.30. The lowest BCUT2D eigenvalue weighted by Crippen LogP contribution is -2.27. The highest BCUT2D eigenvalue weighted by atomic mass is 16.5. The number of benzene rings is 1. The Kier molecular flexibility index (Phi) is 4.40. The fourth-order valence-corrected chi connectivity index (χ4v) is 1.49. The number of aliphatic hydroxyl groups excluding tert-OH is 1. The van der Waals surface area contributed by atoms with Crippen LogP contribution in [0.15, 0.2) is 12.1 Å². The second-order valence-electron chi connectivity index (χ2n) is 5.31. The molecule has 17 heavy (non-hydrogen) atoms. The van der Waals surface area contributed by atoms with Crippen molar-refractivity contribution in [2.45, 2.75) is 27.7 Å². The Balaban J connectivity index is 2.87. The van der Waals surface area contributed by atoms with Crippen molar-refractivity contribution < 1.29 is 9.84 Å². The van der Waals surface area contributed by atoms with Gasteiger partial charge in [0.05, 0.1) is 12.8 Å². The van der Waals surface area contributed by atoms with E-state index in [0.717, 1.165) is 11.4 Å². The van der Waals surface area contributed by atoms with Crippen LogP contribution in [-0.2, 0) is 0 Å². The lowest BCUT2D eigenvalue weighted by molar-refractivity contribution is 0.170. The zero-order valence-electron chi connectivity index (χ0n) is 11.4. The summed E-state index contributed by atoms with van der Waals surface area (Å²) in [6.07, 6.45) is 0. The van der Waals surface area contributed by atoms with Crippen molar-refractivity contribution >= 4 is 5.69 Å². The van der Waals surface area contributed by atoms with Crippen LogP contribution in [0, 0.1) is 19.3 Å². The summed E-state index contributed by atoms with van der Waals surface area (Å²) in [7, 11) is 1.67. The van der Waals surface area contributed by atoms with Gasteiger partial charge in [0.15, 0.2) is 0 Å². The summed E-state index contributed by atoms with van der Waals surface area (Å²) in [5, 5.41) is 12.6. The molecule has 0 aromatic heterocycles. The van der Waals surface area contributed by atoms with Crippen molar-refractivity contribution in [1.82, 2.24) is 0 Å². The Labute approximate surface area is 104 Å². The minimum atomic E-state index is -0.135. The van der Waals surface area contributed by atoms with Gasteiger partial charge in [0.2, 0.25) is 0 Å². The molecule has 0 bridgehead atoms. The average molecular weight is 237 g/mol. The van der Waals surface area contributed by atoms with Gasteiger partial charge >= 0.3 is 0 Å². The molecule has 0 spiro atoms. The average Bonchev–Trinajstić information content (AvgIpc) is 2.30. The maximum absolute atomic E-state index is 9.23. The van der Waals surface area contributed by atoms with Crippen molar-refractivity contribution in [2.75, 3.05) is 25.6 Å². The highest BCUT2D eigenvalue weighted by Crippen LogP contribution is 2.29. The monoisotopic (exact) mass is 237 g/mol. The number of ether oxygens (including phenoxy) is 1. The van der Waals surface area contributed by atoms with Crippen LogP contribution in [0.25, 0.3) is 0 Å². The standard InChI is InChI=1S/C14H23NO2/c1-10-6-12(13(17-5)7-11(10)2)15-8-14(3,4)9-16/h6-7,15-16H,8-9H2,1-5H3. The number of anilines is 1. The van der Waals surface area contributed by atoms with Crippen molar-refractivity contribution in [3.63, 3.8) is 0 Å². The third kappa shape index (κ3) is 3.63. The largest absolute Gasteiger partial charge is 0.495 e. The molecule has 3 heteroatoms. The van der Waals surface area contributed by atoms with Gasteiger partial charge in [-0.1, -0.05) is 13.8 Å². The molecule has 1 rings (SSSR count). The smallest absolute Gasteiger partial charge is 0.142 e. The number of rotatable bonds is 5. The molecule has 0 fully saturated rings. The third-order valence-electron chi connectivity index (χ3n) is 3.00. The molecular weight excluding hydrogens is 214 g/mol. The fraction of sp³-hybridized carbons (Fsp3) is 0.571. The van der Waals surface area contributed by atoms with Crippen molar-refractivity contribution in [2.24, 2.45) is 5.41 Å². The van der Waals surface area contributed by atoms with E-state index in [1.54, 1.807) is 7.11 Å². The summed E-state index contributed by atoms with van der Waals surface area (Å²) < 4.78 is 5.36. The van der Waals surface area contributed by atoms with Crippen LogP contribution >= 0.6 is 0 Å². The predicted molar refractivity (Wildman–Crippen MR) is 71.8 cm³/mol. The van der Waals surface area contributed by atoms with E-state index >= 15 is 0 Å². The SMILES string of the molecule is COc1cc(C)c(C)cc1NCC(C)(C)CO. The summed E-state index contributed by atoms with van der Waals surface area (Å²) in [4.78, 5) is 0. The van der Waals surface area contributed by atoms with Gasteiger partial charge in [0, 0.05) is 18.6 Å². The third-order valence-corrected chi connectivity index (χ3v) is 3.00. The van der Waals surface area contributed by atoms with Gasteiger partial charge in [0.1, 0.15) is 5.75 Å². The normalized spacial score (nSPS) is 11.4. The maximum atomic E-state index is 9.23. The van der Waals surface area contributed by atoms with Crippen LogP contribution in [0.3, 0.4) is 0 Å². The van der Waals surface area contributed by atoms with E-state index in [2.05, 4.69) is 25.2 Å². The van der Waals surface area contributed by atoms with Crippen LogP contribution in [0.2, 0.25) is 0 Å². The molecule has 0 heterocycles. The molecule has 1 aromatic carbocycles. The second-order valence-corrected chi connectivity index (χ2v) is 5.31. The quantitative estimate of drug-likeness (QED) is 0.827. The Morgan fingerprint density at radius 2 is 1.82 bits per heavy atom. The molecule has 96 valence electrons. The Hall–Kier alpha value is -1.22. The molecule has 3 nitrogen and oxygen atoms in total. The number of hydrogen-bond donors (Lipinski definition) is 2. The number of aliphatic hydroxyl groups is 1. The summed E-state index contributed by atoms with van der Waals surface area (Å²) in [5.74, 6) is 0.849. The number of methoxy groups -OCH3 is 1. The Bertz CT molecular complexity index is 386. The Morgan fingerprint density at radius 1 is 1.24 bits per heavy atom. The van der Waals surface area contributed by atoms with E-state index in [1.807, 2.05) is 19.9 Å². The highest BCUT2D eigenvalue weighted by molar-refractivity contribution is 5.60. The van der Waals surface area contributed by atoms with Crippen LogP contribution in [-0.4, -0.2) is 25.4 Å². The summed E-state index contributed by atoms with van der Waals surface area (Å²) >= 11 is 0. The van der Waals surface area contributed by atoms with Crippen molar-refractivity contribution in [3.8, 4) is 5.75 Å². The zero-order valence-corrected chi connectivity index (χ0v) is 11.4. The lowest BCUT2D eigenvalue weighted by Gasteiger charge is -2.23. The van der Waals surface area contributed by atoms with Gasteiger partial charge < -0.3 is 15.2 Å². The molecule has 2 N–H and O–H groups in total. The first-order valence-corrected chi connectivity index (χ1v) is 5.89. The summed E-state index contributed by atoms with van der Waals surface area (Å²) in [6, 6.07) is 4.12. The highest BCUT2D eigenvalue weighted by Gasteiger charge is 2.17. The second kappa shape index (κ2) is 5.41. The van der Waals surface area contributed by atoms with E-state index in [1.165, 1.54) is 11.1 Å². The van der Waals surface area contributed by atoms with E-state index in [0.29, 0.717) is 6.54 Å². The Morgan fingerprint density at radius 3 is 2.35 bits per heavy atom. The van der Waals surface area contributed by atoms with Crippen LogP contribution < -0.4 is 10.1 Å². The predicted octanol–water partition coefficient (Wildman–Crippen LogP) is 2.74. The van der Waals surface area contributed by atoms with Crippen LogP contribution in [0.4, 0.5) is 5.69 Å². The molecular formula is C14H23NO2. The number of hydrogen-bond acceptors (Lipinski definition) is 3. The fourth-order valence-electron chi connectivity index (χ4n) is 1.49. The van der Waals surface area contributed by atoms with Gasteiger partial charge in [-0.15, -0.1) is 0 Å². The van der Waals surface area contributed by atoms with Crippen molar-refractivity contribution in [1.29, 1.82) is 0 Å². The molecule has 0 saturated heterocycles. The van der Waals surface area contributed by atoms with E-state index in [-0.39, 0.29) is 12.0 Å². The van der Waals surface area contributed by atoms with E-state index < -0.39 is 0 Å². The van der Waals surface area contributed by atoms with Gasteiger partial charge in [-0.3, -0.25) is 0 Å². The van der Waals surface area contributed by atoms with Crippen LogP contribution in [0.5, 0.6) is 5.75 Å². The number of nitrogens with one attached hydrogen (secondary N) is 1. The van der Waals surface area contributed by atoms with Gasteiger partial charge in [-0.2, -0.15) is 0 Å². The molecule has 0 aliphatic heterocycles. The molecule has 0 amide bonds. The minimum Gasteiger partial charge on any atom is -0.495 e. The topological polar surface area (TPSA) is 41.5 Å². The van der Waals surface area contributed by atoms with Crippen molar-refractivity contribution in [3.05, 3.63) is 23.3 Å². The first kappa shape index (κ1) is 13.8. The molecule has 0 unspecified atom stereocenters.